The molecule has 0 bridgehead atoms. The van der Waals surface area contributed by atoms with Gasteiger partial charge in [0.15, 0.2) is 11.7 Å². The molecular formula is C18H16N2O4S. The van der Waals surface area contributed by atoms with Crippen LogP contribution in [0.5, 0.6) is 5.06 Å². The minimum absolute atomic E-state index is 0.0200. The second kappa shape index (κ2) is 7.36. The Balaban J connectivity index is 1.77. The molecule has 1 amide bonds. The smallest absolute Gasteiger partial charge is 0.341 e. The highest BCUT2D eigenvalue weighted by Crippen LogP contribution is 2.33. The van der Waals surface area contributed by atoms with E-state index in [4.69, 9.17) is 9.84 Å². The molecule has 0 spiro atoms. The van der Waals surface area contributed by atoms with Crippen LogP contribution in [-0.2, 0) is 16.0 Å². The Labute approximate surface area is 148 Å². The van der Waals surface area contributed by atoms with Crippen molar-refractivity contribution in [3.05, 3.63) is 46.8 Å². The van der Waals surface area contributed by atoms with Crippen molar-refractivity contribution in [2.75, 3.05) is 11.5 Å². The fraction of sp³-hybridized carbons (Fsp3) is 0.278. The van der Waals surface area contributed by atoms with Crippen LogP contribution in [0.4, 0.5) is 5.69 Å². The van der Waals surface area contributed by atoms with E-state index < -0.39 is 5.97 Å². The molecule has 6 nitrogen and oxygen atoms in total. The van der Waals surface area contributed by atoms with Gasteiger partial charge in [-0.15, -0.1) is 11.3 Å². The first-order valence-electron chi connectivity index (χ1n) is 7.83. The molecule has 1 aromatic carbocycles. The molecule has 1 atom stereocenters. The molecule has 2 heterocycles. The summed E-state index contributed by atoms with van der Waals surface area (Å²) < 4.78 is 5.18. The van der Waals surface area contributed by atoms with Crippen molar-refractivity contribution in [2.24, 2.45) is 0 Å². The predicted molar refractivity (Wildman–Crippen MR) is 92.8 cm³/mol. The first-order chi connectivity index (χ1) is 12.1. The molecule has 3 rings (SSSR count). The Bertz CT molecular complexity index is 840. The van der Waals surface area contributed by atoms with Gasteiger partial charge in [0.2, 0.25) is 5.91 Å². The van der Waals surface area contributed by atoms with Crippen LogP contribution in [0.15, 0.2) is 36.4 Å². The fourth-order valence-electron chi connectivity index (χ4n) is 2.96. The summed E-state index contributed by atoms with van der Waals surface area (Å²) in [6, 6.07) is 12.9. The van der Waals surface area contributed by atoms with Gasteiger partial charge < -0.3 is 14.7 Å². The van der Waals surface area contributed by atoms with Crippen molar-refractivity contribution in [1.29, 1.82) is 5.26 Å². The minimum atomic E-state index is -1.02. The number of rotatable bonds is 6. The average Bonchev–Trinajstić information content (AvgIpc) is 3.20. The third kappa shape index (κ3) is 3.80. The lowest BCUT2D eigenvalue weighted by molar-refractivity contribution is -0.139. The topological polar surface area (TPSA) is 90.6 Å². The maximum absolute atomic E-state index is 12.4. The summed E-state index contributed by atoms with van der Waals surface area (Å²) in [5.41, 5.74) is 1.14. The summed E-state index contributed by atoms with van der Waals surface area (Å²) in [5.74, 6) is -0.998. The Morgan fingerprint density at radius 3 is 2.92 bits per heavy atom. The fourth-order valence-corrected chi connectivity index (χ4v) is 3.88. The lowest BCUT2D eigenvalue weighted by Crippen LogP contribution is -2.34. The monoisotopic (exact) mass is 356 g/mol. The number of para-hydroxylation sites is 1. The minimum Gasteiger partial charge on any atom is -0.479 e. The lowest BCUT2D eigenvalue weighted by atomic mass is 10.1. The standard InChI is InChI=1S/C18H16N2O4S/c19-10-12-3-1-2-4-15(12)20-13(5-7-16(20)21)9-14-6-8-18(25-14)24-11-17(22)23/h1-4,6,8,13H,5,7,9,11H2,(H,22,23)/t13-/m1/s1. The number of nitrogens with zero attached hydrogens (tertiary/aromatic N) is 2. The number of amides is 1. The zero-order valence-corrected chi connectivity index (χ0v) is 14.2. The van der Waals surface area contributed by atoms with Gasteiger partial charge in [0.1, 0.15) is 6.07 Å². The highest BCUT2D eigenvalue weighted by atomic mass is 32.1. The first-order valence-corrected chi connectivity index (χ1v) is 8.64. The molecule has 1 fully saturated rings. The molecule has 0 radical (unpaired) electrons. The molecule has 0 unspecified atom stereocenters. The summed E-state index contributed by atoms with van der Waals surface area (Å²) in [6.45, 7) is -0.371. The van der Waals surface area contributed by atoms with Crippen molar-refractivity contribution in [3.63, 3.8) is 0 Å². The van der Waals surface area contributed by atoms with Crippen LogP contribution in [0, 0.1) is 11.3 Å². The van der Waals surface area contributed by atoms with Crippen molar-refractivity contribution in [1.82, 2.24) is 0 Å². The first kappa shape index (κ1) is 17.0. The summed E-state index contributed by atoms with van der Waals surface area (Å²) in [4.78, 5) is 25.7. The molecule has 25 heavy (non-hydrogen) atoms. The number of carboxylic acid groups (broad SMARTS) is 1. The molecular weight excluding hydrogens is 340 g/mol. The number of benzene rings is 1. The van der Waals surface area contributed by atoms with Crippen LogP contribution in [0.2, 0.25) is 0 Å². The number of carbonyl (C=O) groups excluding carboxylic acids is 1. The van der Waals surface area contributed by atoms with E-state index >= 15 is 0 Å². The zero-order chi connectivity index (χ0) is 17.8. The molecule has 0 saturated carbocycles. The Kier molecular flexibility index (Phi) is 5.00. The zero-order valence-electron chi connectivity index (χ0n) is 13.3. The summed E-state index contributed by atoms with van der Waals surface area (Å²) in [5, 5.41) is 18.5. The number of hydrogen-bond donors (Lipinski definition) is 1. The molecule has 2 aromatic rings. The van der Waals surface area contributed by atoms with Crippen molar-refractivity contribution in [3.8, 4) is 11.1 Å². The summed E-state index contributed by atoms with van der Waals surface area (Å²) >= 11 is 1.38. The van der Waals surface area contributed by atoms with Crippen molar-refractivity contribution < 1.29 is 19.4 Å². The van der Waals surface area contributed by atoms with Crippen LogP contribution in [-0.4, -0.2) is 29.6 Å². The molecule has 1 aromatic heterocycles. The van der Waals surface area contributed by atoms with Gasteiger partial charge in [0, 0.05) is 23.8 Å². The number of anilines is 1. The molecule has 128 valence electrons. The number of hydrogen-bond acceptors (Lipinski definition) is 5. The van der Waals surface area contributed by atoms with Crippen molar-refractivity contribution in [2.45, 2.75) is 25.3 Å². The molecule has 1 aliphatic rings. The second-order valence-corrected chi connectivity index (χ2v) is 6.82. The molecule has 1 saturated heterocycles. The number of ether oxygens (including phenoxy) is 1. The molecule has 0 aliphatic carbocycles. The van der Waals surface area contributed by atoms with E-state index in [0.717, 1.165) is 11.3 Å². The van der Waals surface area contributed by atoms with Crippen LogP contribution >= 0.6 is 11.3 Å². The van der Waals surface area contributed by atoms with Crippen LogP contribution in [0.1, 0.15) is 23.3 Å². The second-order valence-electron chi connectivity index (χ2n) is 5.69. The molecule has 7 heteroatoms. The number of aliphatic carboxylic acids is 1. The number of thiophene rings is 1. The maximum Gasteiger partial charge on any atom is 0.341 e. The predicted octanol–water partition coefficient (Wildman–Crippen LogP) is 2.82. The van der Waals surface area contributed by atoms with E-state index in [9.17, 15) is 14.9 Å². The van der Waals surface area contributed by atoms with Crippen LogP contribution in [0.25, 0.3) is 0 Å². The third-order valence-corrected chi connectivity index (χ3v) is 5.04. The Morgan fingerprint density at radius 2 is 2.16 bits per heavy atom. The van der Waals surface area contributed by atoms with Gasteiger partial charge in [0.05, 0.1) is 11.3 Å². The average molecular weight is 356 g/mol. The Hall–Kier alpha value is -2.85. The van der Waals surface area contributed by atoms with Gasteiger partial charge in [-0.25, -0.2) is 4.79 Å². The third-order valence-electron chi connectivity index (χ3n) is 4.02. The van der Waals surface area contributed by atoms with E-state index in [1.54, 1.807) is 29.2 Å². The highest BCUT2D eigenvalue weighted by Gasteiger charge is 2.33. The number of nitriles is 1. The normalized spacial score (nSPS) is 16.7. The van der Waals surface area contributed by atoms with Gasteiger partial charge in [-0.2, -0.15) is 5.26 Å². The summed E-state index contributed by atoms with van der Waals surface area (Å²) in [6.07, 6.45) is 1.83. The lowest BCUT2D eigenvalue weighted by Gasteiger charge is -2.25. The van der Waals surface area contributed by atoms with Crippen LogP contribution < -0.4 is 9.64 Å². The van der Waals surface area contributed by atoms with Gasteiger partial charge >= 0.3 is 5.97 Å². The van der Waals surface area contributed by atoms with Crippen molar-refractivity contribution >= 4 is 28.9 Å². The number of carbonyl (C=O) groups is 2. The molecule has 1 aliphatic heterocycles. The SMILES string of the molecule is N#Cc1ccccc1N1C(=O)CC[C@@H]1Cc1ccc(OCC(=O)O)s1. The number of carboxylic acids is 1. The van der Waals surface area contributed by atoms with Gasteiger partial charge in [-0.05, 0) is 30.7 Å². The van der Waals surface area contributed by atoms with E-state index in [1.165, 1.54) is 11.3 Å². The van der Waals surface area contributed by atoms with Gasteiger partial charge in [-0.1, -0.05) is 12.1 Å². The van der Waals surface area contributed by atoms with Gasteiger partial charge in [-0.3, -0.25) is 4.79 Å². The van der Waals surface area contributed by atoms with Gasteiger partial charge in [0.25, 0.3) is 0 Å². The maximum atomic E-state index is 12.4. The Morgan fingerprint density at radius 1 is 1.36 bits per heavy atom. The quantitative estimate of drug-likeness (QED) is 0.859. The van der Waals surface area contributed by atoms with Crippen LogP contribution in [0.3, 0.4) is 0 Å². The van der Waals surface area contributed by atoms with E-state index in [0.29, 0.717) is 29.2 Å². The summed E-state index contributed by atoms with van der Waals surface area (Å²) in [7, 11) is 0. The van der Waals surface area contributed by atoms with E-state index in [2.05, 4.69) is 6.07 Å². The van der Waals surface area contributed by atoms with E-state index in [-0.39, 0.29) is 18.6 Å². The largest absolute Gasteiger partial charge is 0.479 e. The van der Waals surface area contributed by atoms with E-state index in [1.807, 2.05) is 12.1 Å². The molecule has 1 N–H and O–H groups in total. The highest BCUT2D eigenvalue weighted by molar-refractivity contribution is 7.13.